The first-order valence-corrected chi connectivity index (χ1v) is 6.14. The van der Waals surface area contributed by atoms with Gasteiger partial charge in [0.15, 0.2) is 5.82 Å². The van der Waals surface area contributed by atoms with E-state index in [1.807, 2.05) is 13.8 Å². The van der Waals surface area contributed by atoms with E-state index in [2.05, 4.69) is 35.0 Å². The molecule has 17 heavy (non-hydrogen) atoms. The standard InChI is InChI=1S/C13H20N4/c1-5-7-17(8-6-2)13-12(9-14)10(3)11(4)15-16-13/h5-8H2,1-4H3. The summed E-state index contributed by atoms with van der Waals surface area (Å²) in [6.07, 6.45) is 2.08. The number of rotatable bonds is 5. The van der Waals surface area contributed by atoms with Gasteiger partial charge in [0.25, 0.3) is 0 Å². The monoisotopic (exact) mass is 232 g/mol. The van der Waals surface area contributed by atoms with Crippen molar-refractivity contribution in [1.29, 1.82) is 5.26 Å². The van der Waals surface area contributed by atoms with Crippen LogP contribution >= 0.6 is 0 Å². The zero-order chi connectivity index (χ0) is 12.8. The maximum Gasteiger partial charge on any atom is 0.169 e. The van der Waals surface area contributed by atoms with Crippen LogP contribution in [0, 0.1) is 25.2 Å². The molecule has 4 nitrogen and oxygen atoms in total. The van der Waals surface area contributed by atoms with Crippen LogP contribution in [0.5, 0.6) is 0 Å². The molecule has 0 radical (unpaired) electrons. The summed E-state index contributed by atoms with van der Waals surface area (Å²) in [7, 11) is 0. The van der Waals surface area contributed by atoms with E-state index in [0.717, 1.165) is 43.0 Å². The minimum absolute atomic E-state index is 0.666. The molecule has 0 fully saturated rings. The molecule has 1 rings (SSSR count). The lowest BCUT2D eigenvalue weighted by Gasteiger charge is -2.23. The summed E-state index contributed by atoms with van der Waals surface area (Å²) in [4.78, 5) is 2.15. The summed E-state index contributed by atoms with van der Waals surface area (Å²) in [6, 6.07) is 2.26. The van der Waals surface area contributed by atoms with Crippen molar-refractivity contribution in [3.05, 3.63) is 16.8 Å². The minimum Gasteiger partial charge on any atom is -0.354 e. The Hall–Kier alpha value is -1.63. The molecule has 92 valence electrons. The number of nitrogens with zero attached hydrogens (tertiary/aromatic N) is 4. The quantitative estimate of drug-likeness (QED) is 0.783. The van der Waals surface area contributed by atoms with Gasteiger partial charge in [-0.2, -0.15) is 10.4 Å². The van der Waals surface area contributed by atoms with Crippen molar-refractivity contribution >= 4 is 5.82 Å². The number of anilines is 1. The van der Waals surface area contributed by atoms with Gasteiger partial charge in [-0.3, -0.25) is 0 Å². The Kier molecular flexibility index (Phi) is 4.89. The van der Waals surface area contributed by atoms with Crippen LogP contribution in [0.3, 0.4) is 0 Å². The Morgan fingerprint density at radius 2 is 1.71 bits per heavy atom. The molecular weight excluding hydrogens is 212 g/mol. The fraction of sp³-hybridized carbons (Fsp3) is 0.615. The normalized spacial score (nSPS) is 10.1. The Morgan fingerprint density at radius 3 is 2.18 bits per heavy atom. The minimum atomic E-state index is 0.666. The highest BCUT2D eigenvalue weighted by molar-refractivity contribution is 5.57. The fourth-order valence-electron chi connectivity index (χ4n) is 1.81. The molecular formula is C13H20N4. The number of aromatic nitrogens is 2. The predicted molar refractivity (Wildman–Crippen MR) is 69.0 cm³/mol. The number of aryl methyl sites for hydroxylation is 1. The van der Waals surface area contributed by atoms with Crippen molar-refractivity contribution in [3.63, 3.8) is 0 Å². The van der Waals surface area contributed by atoms with Gasteiger partial charge in [0.2, 0.25) is 0 Å². The summed E-state index contributed by atoms with van der Waals surface area (Å²) in [5.41, 5.74) is 2.44. The highest BCUT2D eigenvalue weighted by atomic mass is 15.3. The molecule has 0 bridgehead atoms. The third kappa shape index (κ3) is 2.94. The van der Waals surface area contributed by atoms with Crippen LogP contribution in [0.4, 0.5) is 5.82 Å². The number of hydrogen-bond acceptors (Lipinski definition) is 4. The third-order valence-electron chi connectivity index (χ3n) is 2.83. The maximum absolute atomic E-state index is 9.26. The van der Waals surface area contributed by atoms with Crippen LogP contribution in [0.2, 0.25) is 0 Å². The first-order chi connectivity index (χ1) is 8.15. The summed E-state index contributed by atoms with van der Waals surface area (Å²) in [6.45, 7) is 9.91. The van der Waals surface area contributed by atoms with Crippen LogP contribution in [0.1, 0.15) is 43.5 Å². The van der Waals surface area contributed by atoms with Crippen LogP contribution in [-0.2, 0) is 0 Å². The van der Waals surface area contributed by atoms with Gasteiger partial charge in [0.05, 0.1) is 5.69 Å². The van der Waals surface area contributed by atoms with E-state index in [9.17, 15) is 5.26 Å². The molecule has 0 N–H and O–H groups in total. The molecule has 1 aromatic heterocycles. The average molecular weight is 232 g/mol. The smallest absolute Gasteiger partial charge is 0.169 e. The van der Waals surface area contributed by atoms with E-state index < -0.39 is 0 Å². The van der Waals surface area contributed by atoms with E-state index in [0.29, 0.717) is 5.56 Å². The molecule has 0 aliphatic carbocycles. The second-order valence-electron chi connectivity index (χ2n) is 4.21. The summed E-state index contributed by atoms with van der Waals surface area (Å²) >= 11 is 0. The molecule has 4 heteroatoms. The first-order valence-electron chi connectivity index (χ1n) is 6.14. The molecule has 0 aliphatic rings. The Bertz CT molecular complexity index is 414. The van der Waals surface area contributed by atoms with E-state index >= 15 is 0 Å². The summed E-state index contributed by atoms with van der Waals surface area (Å²) in [5.74, 6) is 0.735. The summed E-state index contributed by atoms with van der Waals surface area (Å²) < 4.78 is 0. The molecule has 0 aromatic carbocycles. The SMILES string of the molecule is CCCN(CCC)c1nnc(C)c(C)c1C#N. The second kappa shape index (κ2) is 6.19. The van der Waals surface area contributed by atoms with Gasteiger partial charge in [-0.25, -0.2) is 0 Å². The third-order valence-corrected chi connectivity index (χ3v) is 2.83. The number of hydrogen-bond donors (Lipinski definition) is 0. The largest absolute Gasteiger partial charge is 0.354 e. The molecule has 0 atom stereocenters. The van der Waals surface area contributed by atoms with Gasteiger partial charge < -0.3 is 4.90 Å². The van der Waals surface area contributed by atoms with Gasteiger partial charge in [0, 0.05) is 13.1 Å². The molecule has 0 saturated carbocycles. The van der Waals surface area contributed by atoms with Crippen LogP contribution < -0.4 is 4.90 Å². The van der Waals surface area contributed by atoms with Crippen molar-refractivity contribution in [2.75, 3.05) is 18.0 Å². The van der Waals surface area contributed by atoms with Crippen molar-refractivity contribution < 1.29 is 0 Å². The number of nitriles is 1. The van der Waals surface area contributed by atoms with Crippen molar-refractivity contribution in [3.8, 4) is 6.07 Å². The van der Waals surface area contributed by atoms with Crippen molar-refractivity contribution in [2.45, 2.75) is 40.5 Å². The van der Waals surface area contributed by atoms with E-state index in [1.165, 1.54) is 0 Å². The maximum atomic E-state index is 9.26. The lowest BCUT2D eigenvalue weighted by Crippen LogP contribution is -2.27. The highest BCUT2D eigenvalue weighted by Crippen LogP contribution is 2.21. The van der Waals surface area contributed by atoms with E-state index in [-0.39, 0.29) is 0 Å². The summed E-state index contributed by atoms with van der Waals surface area (Å²) in [5, 5.41) is 17.6. The zero-order valence-corrected chi connectivity index (χ0v) is 11.1. The van der Waals surface area contributed by atoms with Gasteiger partial charge in [-0.15, -0.1) is 5.10 Å². The second-order valence-corrected chi connectivity index (χ2v) is 4.21. The van der Waals surface area contributed by atoms with Crippen LogP contribution in [-0.4, -0.2) is 23.3 Å². The molecule has 0 aliphatic heterocycles. The molecule has 0 amide bonds. The Balaban J connectivity index is 3.19. The average Bonchev–Trinajstić information content (AvgIpc) is 2.32. The zero-order valence-electron chi connectivity index (χ0n) is 11.1. The fourth-order valence-corrected chi connectivity index (χ4v) is 1.81. The molecule has 0 saturated heterocycles. The van der Waals surface area contributed by atoms with Crippen molar-refractivity contribution in [1.82, 2.24) is 10.2 Å². The molecule has 0 spiro atoms. The predicted octanol–water partition coefficient (Wildman–Crippen LogP) is 2.59. The van der Waals surface area contributed by atoms with Gasteiger partial charge in [0.1, 0.15) is 11.6 Å². The lowest BCUT2D eigenvalue weighted by molar-refractivity contribution is 0.721. The Labute approximate surface area is 103 Å². The first kappa shape index (κ1) is 13.4. The van der Waals surface area contributed by atoms with Gasteiger partial charge >= 0.3 is 0 Å². The molecule has 1 aromatic rings. The topological polar surface area (TPSA) is 52.8 Å². The Morgan fingerprint density at radius 1 is 1.12 bits per heavy atom. The van der Waals surface area contributed by atoms with Crippen LogP contribution in [0.25, 0.3) is 0 Å². The van der Waals surface area contributed by atoms with Crippen LogP contribution in [0.15, 0.2) is 0 Å². The van der Waals surface area contributed by atoms with Crippen molar-refractivity contribution in [2.24, 2.45) is 0 Å². The lowest BCUT2D eigenvalue weighted by atomic mass is 10.1. The molecule has 0 unspecified atom stereocenters. The van der Waals surface area contributed by atoms with Gasteiger partial charge in [-0.05, 0) is 32.3 Å². The molecule has 1 heterocycles. The van der Waals surface area contributed by atoms with E-state index in [1.54, 1.807) is 0 Å². The van der Waals surface area contributed by atoms with E-state index in [4.69, 9.17) is 0 Å². The van der Waals surface area contributed by atoms with Gasteiger partial charge in [-0.1, -0.05) is 13.8 Å². The highest BCUT2D eigenvalue weighted by Gasteiger charge is 2.15.